The predicted molar refractivity (Wildman–Crippen MR) is 145 cm³/mol. The number of nitrogens with two attached hydrogens (primary N) is 1. The van der Waals surface area contributed by atoms with Crippen LogP contribution in [0.4, 0.5) is 18.9 Å². The molecule has 4 N–H and O–H groups in total. The Morgan fingerprint density at radius 1 is 1.14 bits per heavy atom. The van der Waals surface area contributed by atoms with Gasteiger partial charge in [-0.15, -0.1) is 13.2 Å². The highest BCUT2D eigenvalue weighted by Gasteiger charge is 2.41. The van der Waals surface area contributed by atoms with E-state index in [4.69, 9.17) is 10.7 Å². The Bertz CT molecular complexity index is 1100. The van der Waals surface area contributed by atoms with E-state index >= 15 is 0 Å². The van der Waals surface area contributed by atoms with E-state index in [0.717, 1.165) is 62.2 Å². The van der Waals surface area contributed by atoms with Crippen molar-refractivity contribution in [3.63, 3.8) is 0 Å². The molecule has 0 spiro atoms. The van der Waals surface area contributed by atoms with Crippen LogP contribution in [0.15, 0.2) is 51.9 Å². The van der Waals surface area contributed by atoms with Crippen LogP contribution in [0.2, 0.25) is 0 Å². The molecule has 2 aliphatic rings. The number of hydrogen-bond donors (Lipinski definition) is 3. The fraction of sp³-hybridized carbons (Fsp3) is 0.519. The van der Waals surface area contributed by atoms with Gasteiger partial charge in [0, 0.05) is 41.8 Å². The van der Waals surface area contributed by atoms with Crippen LogP contribution in [0.5, 0.6) is 5.75 Å². The highest BCUT2D eigenvalue weighted by molar-refractivity contribution is 9.10. The van der Waals surface area contributed by atoms with Crippen molar-refractivity contribution in [2.45, 2.75) is 63.1 Å². The van der Waals surface area contributed by atoms with Crippen molar-refractivity contribution >= 4 is 27.5 Å². The van der Waals surface area contributed by atoms with Crippen molar-refractivity contribution in [1.82, 2.24) is 10.2 Å². The van der Waals surface area contributed by atoms with Crippen LogP contribution in [-0.2, 0) is 6.42 Å². The Kier molecular flexibility index (Phi) is 8.70. The van der Waals surface area contributed by atoms with Gasteiger partial charge in [0.2, 0.25) is 0 Å². The van der Waals surface area contributed by atoms with Crippen LogP contribution in [0.3, 0.4) is 0 Å². The molecule has 0 radical (unpaired) electrons. The molecule has 0 amide bonds. The van der Waals surface area contributed by atoms with Crippen LogP contribution >= 0.6 is 15.9 Å². The standard InChI is InChI=1S/C27H35BrF3N5O/c1-36(2)25-22-8-3-4-9-23(22)34-26(32,35-25)19-11-14-21(15-12-19)33-16-6-5-7-18-10-13-20(28)17-24(18)37-27(29,30)31/h3-4,8-10,13,17,19,21,33-34H,5-7,11-12,14-16,32H2,1-2H3. The maximum absolute atomic E-state index is 12.7. The summed E-state index contributed by atoms with van der Waals surface area (Å²) >= 11 is 3.21. The molecule has 1 aliphatic heterocycles. The summed E-state index contributed by atoms with van der Waals surface area (Å²) < 4.78 is 42.9. The summed E-state index contributed by atoms with van der Waals surface area (Å²) in [6.07, 6.45) is 1.42. The third-order valence-corrected chi connectivity index (χ3v) is 7.62. The van der Waals surface area contributed by atoms with Crippen LogP contribution in [0.1, 0.15) is 49.7 Å². The summed E-state index contributed by atoms with van der Waals surface area (Å²) in [5.74, 6) is 0.146. The van der Waals surface area contributed by atoms with E-state index in [-0.39, 0.29) is 11.7 Å². The number of aliphatic imine (C=N–C) groups is 1. The molecule has 2 aromatic rings. The molecule has 1 fully saturated rings. The first-order chi connectivity index (χ1) is 17.5. The summed E-state index contributed by atoms with van der Waals surface area (Å²) in [4.78, 5) is 6.97. The first-order valence-electron chi connectivity index (χ1n) is 12.8. The molecule has 4 rings (SSSR count). The number of benzene rings is 2. The van der Waals surface area contributed by atoms with Gasteiger partial charge >= 0.3 is 6.36 Å². The summed E-state index contributed by atoms with van der Waals surface area (Å²) in [5, 5.41) is 7.12. The van der Waals surface area contributed by atoms with Gasteiger partial charge in [-0.25, -0.2) is 4.99 Å². The van der Waals surface area contributed by atoms with Crippen molar-refractivity contribution in [3.05, 3.63) is 58.1 Å². The smallest absolute Gasteiger partial charge is 0.405 e. The van der Waals surface area contributed by atoms with Crippen LogP contribution in [0.25, 0.3) is 0 Å². The molecule has 0 bridgehead atoms. The number of ether oxygens (including phenoxy) is 1. The van der Waals surface area contributed by atoms with E-state index in [2.05, 4.69) is 43.4 Å². The third kappa shape index (κ3) is 7.18. The lowest BCUT2D eigenvalue weighted by molar-refractivity contribution is -0.274. The molecule has 0 aromatic heterocycles. The normalized spacial score (nSPS) is 23.6. The van der Waals surface area contributed by atoms with E-state index in [1.54, 1.807) is 12.1 Å². The molecule has 1 atom stereocenters. The van der Waals surface area contributed by atoms with E-state index in [1.165, 1.54) is 6.07 Å². The SMILES string of the molecule is CN(C)C1=NC(N)(C2CCC(NCCCCc3ccc(Br)cc3OC(F)(F)F)CC2)Nc2ccccc21. The molecule has 6 nitrogen and oxygen atoms in total. The number of unbranched alkanes of at least 4 members (excludes halogenated alkanes) is 1. The topological polar surface area (TPSA) is 74.9 Å². The molecule has 1 heterocycles. The van der Waals surface area contributed by atoms with Crippen molar-refractivity contribution in [1.29, 1.82) is 0 Å². The molecule has 2 aromatic carbocycles. The monoisotopic (exact) mass is 581 g/mol. The number of alkyl halides is 3. The van der Waals surface area contributed by atoms with Gasteiger partial charge in [-0.3, -0.25) is 5.73 Å². The van der Waals surface area contributed by atoms with E-state index in [9.17, 15) is 13.2 Å². The lowest BCUT2D eigenvalue weighted by atomic mass is 9.81. The molecule has 202 valence electrons. The number of hydrogen-bond acceptors (Lipinski definition) is 6. The van der Waals surface area contributed by atoms with E-state index < -0.39 is 12.1 Å². The molecule has 1 unspecified atom stereocenters. The van der Waals surface area contributed by atoms with Gasteiger partial charge in [-0.05, 0) is 81.3 Å². The Hall–Kier alpha value is -2.30. The largest absolute Gasteiger partial charge is 0.573 e. The minimum atomic E-state index is -4.70. The van der Waals surface area contributed by atoms with Gasteiger partial charge in [0.1, 0.15) is 11.6 Å². The third-order valence-electron chi connectivity index (χ3n) is 7.13. The Morgan fingerprint density at radius 2 is 1.86 bits per heavy atom. The molecule has 1 aliphatic carbocycles. The summed E-state index contributed by atoms with van der Waals surface area (Å²) in [6.45, 7) is 0.823. The predicted octanol–water partition coefficient (Wildman–Crippen LogP) is 5.87. The number of rotatable bonds is 8. The van der Waals surface area contributed by atoms with Gasteiger partial charge in [0.25, 0.3) is 0 Å². The average Bonchev–Trinajstić information content (AvgIpc) is 2.84. The zero-order valence-corrected chi connectivity index (χ0v) is 22.8. The van der Waals surface area contributed by atoms with Gasteiger partial charge in [0.05, 0.1) is 0 Å². The minimum Gasteiger partial charge on any atom is -0.405 e. The maximum Gasteiger partial charge on any atom is 0.573 e. The average molecular weight is 583 g/mol. The van der Waals surface area contributed by atoms with Crippen molar-refractivity contribution in [3.8, 4) is 5.75 Å². The zero-order chi connectivity index (χ0) is 26.6. The van der Waals surface area contributed by atoms with Crippen LogP contribution in [-0.4, -0.2) is 49.6 Å². The fourth-order valence-electron chi connectivity index (χ4n) is 5.24. The number of halogens is 4. The molecule has 37 heavy (non-hydrogen) atoms. The first kappa shape index (κ1) is 27.7. The second-order valence-corrected chi connectivity index (χ2v) is 11.0. The summed E-state index contributed by atoms with van der Waals surface area (Å²) in [5.41, 5.74) is 9.48. The van der Waals surface area contributed by atoms with Gasteiger partial charge < -0.3 is 20.3 Å². The van der Waals surface area contributed by atoms with Gasteiger partial charge in [-0.1, -0.05) is 34.1 Å². The molecule has 0 saturated heterocycles. The number of aryl methyl sites for hydroxylation is 1. The number of nitrogens with one attached hydrogen (secondary N) is 2. The molecular formula is C27H35BrF3N5O. The van der Waals surface area contributed by atoms with Crippen LogP contribution in [0, 0.1) is 5.92 Å². The number of fused-ring (bicyclic) bond motifs is 1. The molecular weight excluding hydrogens is 547 g/mol. The fourth-order valence-corrected chi connectivity index (χ4v) is 5.58. The molecule has 1 saturated carbocycles. The number of para-hydroxylation sites is 1. The van der Waals surface area contributed by atoms with Crippen molar-refractivity contribution in [2.24, 2.45) is 16.6 Å². The zero-order valence-electron chi connectivity index (χ0n) is 21.2. The lowest BCUT2D eigenvalue weighted by Gasteiger charge is -2.43. The summed E-state index contributed by atoms with van der Waals surface area (Å²) in [6, 6.07) is 13.3. The van der Waals surface area contributed by atoms with Gasteiger partial charge in [-0.2, -0.15) is 0 Å². The molecule has 10 heteroatoms. The lowest BCUT2D eigenvalue weighted by Crippen LogP contribution is -2.57. The van der Waals surface area contributed by atoms with Crippen molar-refractivity contribution in [2.75, 3.05) is 26.0 Å². The number of anilines is 1. The Morgan fingerprint density at radius 3 is 2.57 bits per heavy atom. The second kappa shape index (κ2) is 11.6. The Balaban J connectivity index is 1.24. The van der Waals surface area contributed by atoms with Crippen LogP contribution < -0.4 is 21.1 Å². The van der Waals surface area contributed by atoms with E-state index in [1.807, 2.05) is 31.1 Å². The highest BCUT2D eigenvalue weighted by Crippen LogP contribution is 2.37. The number of nitrogens with zero attached hydrogens (tertiary/aromatic N) is 2. The summed E-state index contributed by atoms with van der Waals surface area (Å²) in [7, 11) is 3.98. The quantitative estimate of drug-likeness (QED) is 0.340. The second-order valence-electron chi connectivity index (χ2n) is 10.1. The first-order valence-corrected chi connectivity index (χ1v) is 13.5. The maximum atomic E-state index is 12.7. The number of amidine groups is 1. The minimum absolute atomic E-state index is 0.136. The van der Waals surface area contributed by atoms with Crippen molar-refractivity contribution < 1.29 is 17.9 Å². The highest BCUT2D eigenvalue weighted by atomic mass is 79.9. The van der Waals surface area contributed by atoms with E-state index in [0.29, 0.717) is 22.5 Å². The van der Waals surface area contributed by atoms with Gasteiger partial charge in [0.15, 0.2) is 5.79 Å². The Labute approximate surface area is 225 Å².